The molecule has 26 heavy (non-hydrogen) atoms. The van der Waals surface area contributed by atoms with E-state index < -0.39 is 0 Å². The summed E-state index contributed by atoms with van der Waals surface area (Å²) < 4.78 is 0. The van der Waals surface area contributed by atoms with E-state index in [0.29, 0.717) is 18.4 Å². The van der Waals surface area contributed by atoms with E-state index >= 15 is 0 Å². The summed E-state index contributed by atoms with van der Waals surface area (Å²) >= 11 is 0. The molecule has 3 rings (SSSR count). The van der Waals surface area contributed by atoms with Gasteiger partial charge in [-0.25, -0.2) is 0 Å². The average Bonchev–Trinajstić information content (AvgIpc) is 2.82. The lowest BCUT2D eigenvalue weighted by molar-refractivity contribution is -0.139. The molecule has 0 spiro atoms. The highest BCUT2D eigenvalue weighted by Crippen LogP contribution is 2.19. The van der Waals surface area contributed by atoms with Crippen LogP contribution in [0.1, 0.15) is 32.6 Å². The maximum atomic E-state index is 12.6. The van der Waals surface area contributed by atoms with Crippen molar-refractivity contribution in [2.45, 2.75) is 32.6 Å². The van der Waals surface area contributed by atoms with E-state index in [1.807, 2.05) is 9.80 Å². The molecule has 1 N–H and O–H groups in total. The number of nitrogens with zero attached hydrogens (tertiary/aromatic N) is 3. The van der Waals surface area contributed by atoms with Crippen molar-refractivity contribution in [1.29, 1.82) is 0 Å². The fourth-order valence-corrected chi connectivity index (χ4v) is 3.89. The Bertz CT molecular complexity index is 446. The van der Waals surface area contributed by atoms with Crippen LogP contribution in [0.3, 0.4) is 0 Å². The second-order valence-corrected chi connectivity index (χ2v) is 7.60. The van der Waals surface area contributed by atoms with Gasteiger partial charge in [0, 0.05) is 45.2 Å². The maximum Gasteiger partial charge on any atom is 0.236 e. The Balaban J connectivity index is 0.00000169. The summed E-state index contributed by atoms with van der Waals surface area (Å²) in [5.41, 5.74) is 0. The van der Waals surface area contributed by atoms with Crippen LogP contribution in [0.4, 0.5) is 0 Å². The van der Waals surface area contributed by atoms with E-state index in [1.54, 1.807) is 0 Å². The van der Waals surface area contributed by atoms with Crippen LogP contribution in [0.2, 0.25) is 0 Å². The molecule has 3 saturated heterocycles. The zero-order valence-corrected chi connectivity index (χ0v) is 17.5. The predicted molar refractivity (Wildman–Crippen MR) is 108 cm³/mol. The number of carbonyl (C=O) groups excluding carboxylic acids is 2. The van der Waals surface area contributed by atoms with E-state index in [-0.39, 0.29) is 36.6 Å². The summed E-state index contributed by atoms with van der Waals surface area (Å²) in [6.45, 7) is 9.52. The minimum Gasteiger partial charge on any atom is -0.342 e. The minimum absolute atomic E-state index is 0. The van der Waals surface area contributed by atoms with Gasteiger partial charge < -0.3 is 15.1 Å². The zero-order chi connectivity index (χ0) is 16.9. The Morgan fingerprint density at radius 2 is 1.46 bits per heavy atom. The second-order valence-electron chi connectivity index (χ2n) is 7.60. The highest BCUT2D eigenvalue weighted by atomic mass is 35.5. The Morgan fingerprint density at radius 3 is 1.96 bits per heavy atom. The van der Waals surface area contributed by atoms with Crippen molar-refractivity contribution in [3.05, 3.63) is 0 Å². The summed E-state index contributed by atoms with van der Waals surface area (Å²) in [6.07, 6.45) is 4.78. The fraction of sp³-hybridized carbons (Fsp3) is 0.889. The molecule has 0 aromatic heterocycles. The summed E-state index contributed by atoms with van der Waals surface area (Å²) in [4.78, 5) is 31.3. The molecule has 2 amide bonds. The lowest BCUT2D eigenvalue weighted by Gasteiger charge is -2.39. The number of hydrogen-bond acceptors (Lipinski definition) is 4. The number of rotatable bonds is 4. The standard InChI is InChI=1S/C18H32N4O2.2ClH/c1-15(16-12-19-13-16)18(24)22-10-8-20(9-11-22)14-17(23)21-6-4-2-3-5-7-21;;/h15-16,19H,2-14H2,1H3;2*1H. The largest absolute Gasteiger partial charge is 0.342 e. The van der Waals surface area contributed by atoms with Gasteiger partial charge in [0.25, 0.3) is 0 Å². The Labute approximate surface area is 169 Å². The lowest BCUT2D eigenvalue weighted by atomic mass is 9.88. The lowest BCUT2D eigenvalue weighted by Crippen LogP contribution is -2.55. The number of hydrogen-bond donors (Lipinski definition) is 1. The Kier molecular flexibility index (Phi) is 10.2. The number of halogens is 2. The molecule has 3 heterocycles. The molecule has 3 fully saturated rings. The van der Waals surface area contributed by atoms with Crippen LogP contribution in [-0.4, -0.2) is 85.4 Å². The van der Waals surface area contributed by atoms with Crippen LogP contribution in [0.15, 0.2) is 0 Å². The molecular formula is C18H34Cl2N4O2. The molecule has 1 atom stereocenters. The molecule has 152 valence electrons. The third kappa shape index (κ3) is 5.98. The number of piperazine rings is 1. The SMILES string of the molecule is CC(C(=O)N1CCN(CC(=O)N2CCCCCC2)CC1)C1CNC1.Cl.Cl. The summed E-state index contributed by atoms with van der Waals surface area (Å²) in [7, 11) is 0. The number of likely N-dealkylation sites (tertiary alicyclic amines) is 1. The van der Waals surface area contributed by atoms with E-state index in [2.05, 4.69) is 17.1 Å². The van der Waals surface area contributed by atoms with Crippen LogP contribution in [0.5, 0.6) is 0 Å². The van der Waals surface area contributed by atoms with E-state index in [9.17, 15) is 9.59 Å². The van der Waals surface area contributed by atoms with Crippen molar-refractivity contribution >= 4 is 36.6 Å². The molecule has 0 aliphatic carbocycles. The van der Waals surface area contributed by atoms with Crippen molar-refractivity contribution < 1.29 is 9.59 Å². The molecule has 1 unspecified atom stereocenters. The minimum atomic E-state index is 0. The molecule has 6 nitrogen and oxygen atoms in total. The molecule has 3 aliphatic rings. The van der Waals surface area contributed by atoms with E-state index in [0.717, 1.165) is 65.2 Å². The molecule has 0 aromatic rings. The van der Waals surface area contributed by atoms with Gasteiger partial charge in [-0.1, -0.05) is 19.8 Å². The first kappa shape index (κ1) is 23.5. The van der Waals surface area contributed by atoms with Gasteiger partial charge in [0.2, 0.25) is 11.8 Å². The molecule has 0 saturated carbocycles. The molecular weight excluding hydrogens is 375 g/mol. The highest BCUT2D eigenvalue weighted by Gasteiger charge is 2.33. The third-order valence-corrected chi connectivity index (χ3v) is 5.91. The van der Waals surface area contributed by atoms with Crippen LogP contribution < -0.4 is 5.32 Å². The van der Waals surface area contributed by atoms with Crippen LogP contribution in [0.25, 0.3) is 0 Å². The van der Waals surface area contributed by atoms with Gasteiger partial charge in [0.15, 0.2) is 0 Å². The first-order chi connectivity index (χ1) is 11.6. The van der Waals surface area contributed by atoms with Gasteiger partial charge >= 0.3 is 0 Å². The smallest absolute Gasteiger partial charge is 0.236 e. The third-order valence-electron chi connectivity index (χ3n) is 5.91. The quantitative estimate of drug-likeness (QED) is 0.759. The number of nitrogens with one attached hydrogen (secondary N) is 1. The maximum absolute atomic E-state index is 12.6. The molecule has 0 aromatic carbocycles. The molecule has 0 radical (unpaired) electrons. The van der Waals surface area contributed by atoms with Crippen molar-refractivity contribution in [2.24, 2.45) is 11.8 Å². The summed E-state index contributed by atoms with van der Waals surface area (Å²) in [5, 5.41) is 3.24. The fourth-order valence-electron chi connectivity index (χ4n) is 3.89. The number of amides is 2. The first-order valence-corrected chi connectivity index (χ1v) is 9.65. The molecule has 0 bridgehead atoms. The van der Waals surface area contributed by atoms with Gasteiger partial charge in [-0.05, 0) is 31.8 Å². The van der Waals surface area contributed by atoms with Crippen molar-refractivity contribution in [1.82, 2.24) is 20.0 Å². The van der Waals surface area contributed by atoms with Crippen molar-refractivity contribution in [3.63, 3.8) is 0 Å². The van der Waals surface area contributed by atoms with Crippen LogP contribution >= 0.6 is 24.8 Å². The second kappa shape index (κ2) is 11.3. The summed E-state index contributed by atoms with van der Waals surface area (Å²) in [5.74, 6) is 1.18. The zero-order valence-electron chi connectivity index (χ0n) is 15.8. The molecule has 8 heteroatoms. The topological polar surface area (TPSA) is 55.9 Å². The highest BCUT2D eigenvalue weighted by molar-refractivity contribution is 5.85. The van der Waals surface area contributed by atoms with Crippen LogP contribution in [0, 0.1) is 11.8 Å². The molecule has 3 aliphatic heterocycles. The monoisotopic (exact) mass is 408 g/mol. The normalized spacial score (nSPS) is 23.1. The predicted octanol–water partition coefficient (Wildman–Crippen LogP) is 1.23. The average molecular weight is 409 g/mol. The van der Waals surface area contributed by atoms with E-state index in [4.69, 9.17) is 0 Å². The Morgan fingerprint density at radius 1 is 0.885 bits per heavy atom. The van der Waals surface area contributed by atoms with Gasteiger partial charge in [-0.15, -0.1) is 24.8 Å². The Hall–Kier alpha value is -0.560. The first-order valence-electron chi connectivity index (χ1n) is 9.65. The van der Waals surface area contributed by atoms with Gasteiger partial charge in [-0.2, -0.15) is 0 Å². The summed E-state index contributed by atoms with van der Waals surface area (Å²) in [6, 6.07) is 0. The van der Waals surface area contributed by atoms with Crippen LogP contribution in [-0.2, 0) is 9.59 Å². The van der Waals surface area contributed by atoms with Crippen molar-refractivity contribution in [3.8, 4) is 0 Å². The van der Waals surface area contributed by atoms with Crippen molar-refractivity contribution in [2.75, 3.05) is 58.9 Å². The van der Waals surface area contributed by atoms with E-state index in [1.165, 1.54) is 12.8 Å². The van der Waals surface area contributed by atoms with Gasteiger partial charge in [0.05, 0.1) is 6.54 Å². The van der Waals surface area contributed by atoms with Gasteiger partial charge in [-0.3, -0.25) is 14.5 Å². The number of carbonyl (C=O) groups is 2. The van der Waals surface area contributed by atoms with Gasteiger partial charge in [0.1, 0.15) is 0 Å².